The van der Waals surface area contributed by atoms with Crippen molar-refractivity contribution < 1.29 is 9.66 Å². The zero-order valence-corrected chi connectivity index (χ0v) is 11.4. The fourth-order valence-electron chi connectivity index (χ4n) is 1.84. The molecule has 108 valence electrons. The van der Waals surface area contributed by atoms with Gasteiger partial charge in [-0.05, 0) is 23.3 Å². The molecule has 0 heterocycles. The number of hydrogen-bond donors (Lipinski definition) is 1. The van der Waals surface area contributed by atoms with Gasteiger partial charge in [0.25, 0.3) is 0 Å². The summed E-state index contributed by atoms with van der Waals surface area (Å²) in [5.41, 5.74) is 7.17. The Bertz CT molecular complexity index is 639. The normalized spacial score (nSPS) is 10.7. The minimum atomic E-state index is -0.463. The maximum atomic E-state index is 11.0. The molecule has 0 aliphatic rings. The van der Waals surface area contributed by atoms with Crippen molar-refractivity contribution >= 4 is 11.8 Å². The second-order valence-corrected chi connectivity index (χ2v) is 4.39. The molecule has 2 aromatic carbocycles. The van der Waals surface area contributed by atoms with Crippen LogP contribution < -0.4 is 10.5 Å². The molecular weight excluding hydrogens is 268 g/mol. The predicted molar refractivity (Wildman–Crippen MR) is 82.0 cm³/mol. The Balaban J connectivity index is 2.03. The molecule has 0 aliphatic carbocycles. The first kappa shape index (κ1) is 14.7. The van der Waals surface area contributed by atoms with Crippen molar-refractivity contribution in [2.45, 2.75) is 6.54 Å². The minimum absolute atomic E-state index is 0.0638. The number of hydrogen-bond acceptors (Lipinski definition) is 4. The fourth-order valence-corrected chi connectivity index (χ4v) is 1.84. The lowest BCUT2D eigenvalue weighted by atomic mass is 10.2. The average Bonchev–Trinajstić information content (AvgIpc) is 2.52. The van der Waals surface area contributed by atoms with Crippen LogP contribution in [0.3, 0.4) is 0 Å². The molecule has 0 radical (unpaired) electrons. The Morgan fingerprint density at radius 2 is 1.95 bits per heavy atom. The van der Waals surface area contributed by atoms with Gasteiger partial charge in [0.15, 0.2) is 5.75 Å². The van der Waals surface area contributed by atoms with E-state index in [0.29, 0.717) is 5.56 Å². The Morgan fingerprint density at radius 3 is 2.62 bits per heavy atom. The van der Waals surface area contributed by atoms with E-state index in [1.165, 1.54) is 6.07 Å². The lowest BCUT2D eigenvalue weighted by Crippen LogP contribution is -2.01. The van der Waals surface area contributed by atoms with Crippen LogP contribution in [-0.2, 0) is 6.54 Å². The van der Waals surface area contributed by atoms with Crippen LogP contribution in [0.1, 0.15) is 11.1 Å². The summed E-state index contributed by atoms with van der Waals surface area (Å²) in [7, 11) is 0. The molecule has 0 bridgehead atoms. The standard InChI is InChI=1S/C16H16N2O3/c17-12-14-8-9-16(15(11-14)18(19)20)21-10-4-7-13-5-2-1-3-6-13/h1-9,11H,10,12,17H2/b7-4+. The van der Waals surface area contributed by atoms with Crippen molar-refractivity contribution in [2.24, 2.45) is 5.73 Å². The van der Waals surface area contributed by atoms with E-state index in [1.54, 1.807) is 12.1 Å². The SMILES string of the molecule is NCc1ccc(OC/C=C/c2ccccc2)c([N+](=O)[O-])c1. The number of nitro benzene ring substituents is 1. The quantitative estimate of drug-likeness (QED) is 0.653. The zero-order chi connectivity index (χ0) is 15.1. The highest BCUT2D eigenvalue weighted by Crippen LogP contribution is 2.27. The third kappa shape index (κ3) is 4.15. The van der Waals surface area contributed by atoms with Crippen molar-refractivity contribution in [2.75, 3.05) is 6.61 Å². The maximum absolute atomic E-state index is 11.0. The van der Waals surface area contributed by atoms with Gasteiger partial charge in [0.05, 0.1) is 4.92 Å². The number of ether oxygens (including phenoxy) is 1. The maximum Gasteiger partial charge on any atom is 0.311 e. The highest BCUT2D eigenvalue weighted by molar-refractivity contribution is 5.50. The van der Waals surface area contributed by atoms with Crippen LogP contribution in [0.4, 0.5) is 5.69 Å². The van der Waals surface area contributed by atoms with Gasteiger partial charge in [0.2, 0.25) is 0 Å². The van der Waals surface area contributed by atoms with Crippen LogP contribution in [0.15, 0.2) is 54.6 Å². The molecule has 0 saturated carbocycles. The minimum Gasteiger partial charge on any atom is -0.483 e. The summed E-state index contributed by atoms with van der Waals surface area (Å²) in [4.78, 5) is 10.5. The second kappa shape index (κ2) is 7.21. The zero-order valence-electron chi connectivity index (χ0n) is 11.4. The predicted octanol–water partition coefficient (Wildman–Crippen LogP) is 3.15. The van der Waals surface area contributed by atoms with E-state index in [-0.39, 0.29) is 24.6 Å². The van der Waals surface area contributed by atoms with Crippen molar-refractivity contribution in [3.63, 3.8) is 0 Å². The first-order valence-electron chi connectivity index (χ1n) is 6.52. The second-order valence-electron chi connectivity index (χ2n) is 4.39. The van der Waals surface area contributed by atoms with E-state index in [0.717, 1.165) is 5.56 Å². The molecule has 2 rings (SSSR count). The molecule has 2 N–H and O–H groups in total. The Kier molecular flexibility index (Phi) is 5.06. The van der Waals surface area contributed by atoms with E-state index in [2.05, 4.69) is 0 Å². The highest BCUT2D eigenvalue weighted by Gasteiger charge is 2.15. The molecule has 2 aromatic rings. The first-order chi connectivity index (χ1) is 10.2. The number of rotatable bonds is 6. The summed E-state index contributed by atoms with van der Waals surface area (Å²) in [5.74, 6) is 0.245. The third-order valence-corrected chi connectivity index (χ3v) is 2.90. The topological polar surface area (TPSA) is 78.4 Å². The van der Waals surface area contributed by atoms with Gasteiger partial charge in [-0.3, -0.25) is 10.1 Å². The van der Waals surface area contributed by atoms with Gasteiger partial charge >= 0.3 is 5.69 Å². The molecule has 0 unspecified atom stereocenters. The molecular formula is C16H16N2O3. The first-order valence-corrected chi connectivity index (χ1v) is 6.52. The van der Waals surface area contributed by atoms with Crippen LogP contribution in [0.5, 0.6) is 5.75 Å². The molecule has 21 heavy (non-hydrogen) atoms. The van der Waals surface area contributed by atoms with Crippen LogP contribution in [0.2, 0.25) is 0 Å². The van der Waals surface area contributed by atoms with Crippen LogP contribution >= 0.6 is 0 Å². The van der Waals surface area contributed by atoms with Gasteiger partial charge in [-0.15, -0.1) is 0 Å². The third-order valence-electron chi connectivity index (χ3n) is 2.90. The fraction of sp³-hybridized carbons (Fsp3) is 0.125. The Hall–Kier alpha value is -2.66. The summed E-state index contributed by atoms with van der Waals surface area (Å²) in [6.07, 6.45) is 3.72. The molecule has 0 aromatic heterocycles. The lowest BCUT2D eigenvalue weighted by molar-refractivity contribution is -0.385. The molecule has 0 fully saturated rings. The largest absolute Gasteiger partial charge is 0.483 e. The van der Waals surface area contributed by atoms with E-state index < -0.39 is 4.92 Å². The molecule has 0 atom stereocenters. The van der Waals surface area contributed by atoms with Crippen LogP contribution in [0.25, 0.3) is 6.08 Å². The molecule has 0 saturated heterocycles. The van der Waals surface area contributed by atoms with Gasteiger partial charge in [-0.2, -0.15) is 0 Å². The van der Waals surface area contributed by atoms with Gasteiger partial charge in [0, 0.05) is 12.6 Å². The number of nitro groups is 1. The van der Waals surface area contributed by atoms with E-state index in [4.69, 9.17) is 10.5 Å². The molecule has 0 amide bonds. The molecule has 0 spiro atoms. The van der Waals surface area contributed by atoms with Gasteiger partial charge in [-0.25, -0.2) is 0 Å². The summed E-state index contributed by atoms with van der Waals surface area (Å²) in [6, 6.07) is 14.5. The van der Waals surface area contributed by atoms with Gasteiger partial charge in [-0.1, -0.05) is 42.5 Å². The molecule has 5 nitrogen and oxygen atoms in total. The van der Waals surface area contributed by atoms with E-state index >= 15 is 0 Å². The van der Waals surface area contributed by atoms with Crippen LogP contribution in [-0.4, -0.2) is 11.5 Å². The lowest BCUT2D eigenvalue weighted by Gasteiger charge is -2.05. The summed E-state index contributed by atoms with van der Waals surface area (Å²) < 4.78 is 5.45. The highest BCUT2D eigenvalue weighted by atomic mass is 16.6. The smallest absolute Gasteiger partial charge is 0.311 e. The Morgan fingerprint density at radius 1 is 1.19 bits per heavy atom. The van der Waals surface area contributed by atoms with Gasteiger partial charge in [0.1, 0.15) is 6.61 Å². The van der Waals surface area contributed by atoms with E-state index in [9.17, 15) is 10.1 Å². The van der Waals surface area contributed by atoms with Crippen LogP contribution in [0, 0.1) is 10.1 Å². The summed E-state index contributed by atoms with van der Waals surface area (Å²) in [6.45, 7) is 0.521. The number of nitrogens with zero attached hydrogens (tertiary/aromatic N) is 1. The monoisotopic (exact) mass is 284 g/mol. The number of benzene rings is 2. The average molecular weight is 284 g/mol. The van der Waals surface area contributed by atoms with Crippen molar-refractivity contribution in [1.29, 1.82) is 0 Å². The van der Waals surface area contributed by atoms with Crippen molar-refractivity contribution in [3.8, 4) is 5.75 Å². The van der Waals surface area contributed by atoms with E-state index in [1.807, 2.05) is 42.5 Å². The summed E-state index contributed by atoms with van der Waals surface area (Å²) in [5, 5.41) is 11.0. The van der Waals surface area contributed by atoms with Crippen molar-refractivity contribution in [3.05, 3.63) is 75.8 Å². The number of nitrogens with two attached hydrogens (primary N) is 1. The van der Waals surface area contributed by atoms with Crippen molar-refractivity contribution in [1.82, 2.24) is 0 Å². The summed E-state index contributed by atoms with van der Waals surface area (Å²) >= 11 is 0. The molecule has 5 heteroatoms. The Labute approximate surface area is 122 Å². The van der Waals surface area contributed by atoms with Gasteiger partial charge < -0.3 is 10.5 Å². The molecule has 0 aliphatic heterocycles.